The number of pyridine rings is 1. The molecule has 0 bridgehead atoms. The van der Waals surface area contributed by atoms with Gasteiger partial charge in [-0.25, -0.2) is 22.8 Å². The first-order valence-corrected chi connectivity index (χ1v) is 12.0. The Labute approximate surface area is 179 Å². The summed E-state index contributed by atoms with van der Waals surface area (Å²) in [6.07, 6.45) is 5.83. The van der Waals surface area contributed by atoms with E-state index in [1.807, 2.05) is 4.90 Å². The molecular weight excluding hydrogens is 429 g/mol. The molecule has 158 valence electrons. The Kier molecular flexibility index (Phi) is 5.86. The molecule has 2 aromatic heterocycles. The topological polar surface area (TPSA) is 88.1 Å². The maximum absolute atomic E-state index is 14.5. The highest BCUT2D eigenvalue weighted by Gasteiger charge is 2.22. The van der Waals surface area contributed by atoms with Gasteiger partial charge < -0.3 is 5.32 Å². The summed E-state index contributed by atoms with van der Waals surface area (Å²) >= 11 is 6.30. The molecule has 3 aromatic rings. The SMILES string of the molecule is CS(=O)(=O)CN1CCC(Nc2ncc(Cl)c(-c3cc(F)c4ncccc4c3)n2)CC1. The summed E-state index contributed by atoms with van der Waals surface area (Å²) in [6.45, 7) is 1.35. The van der Waals surface area contributed by atoms with Crippen LogP contribution in [0.1, 0.15) is 12.8 Å². The van der Waals surface area contributed by atoms with Crippen molar-refractivity contribution in [2.75, 3.05) is 30.5 Å². The Balaban J connectivity index is 1.52. The Hall–Kier alpha value is -2.36. The van der Waals surface area contributed by atoms with Crippen LogP contribution in [0.15, 0.2) is 36.7 Å². The van der Waals surface area contributed by atoms with Gasteiger partial charge in [0, 0.05) is 42.5 Å². The predicted molar refractivity (Wildman–Crippen MR) is 116 cm³/mol. The second-order valence-corrected chi connectivity index (χ2v) is 10.0. The number of aromatic nitrogens is 3. The number of hydrogen-bond acceptors (Lipinski definition) is 7. The molecule has 1 N–H and O–H groups in total. The molecule has 7 nitrogen and oxygen atoms in total. The Morgan fingerprint density at radius 1 is 1.27 bits per heavy atom. The summed E-state index contributed by atoms with van der Waals surface area (Å²) in [5, 5.41) is 4.28. The van der Waals surface area contributed by atoms with Crippen LogP contribution in [0.3, 0.4) is 0 Å². The highest BCUT2D eigenvalue weighted by molar-refractivity contribution is 7.90. The lowest BCUT2D eigenvalue weighted by atomic mass is 10.1. The number of nitrogens with zero attached hydrogens (tertiary/aromatic N) is 4. The fourth-order valence-corrected chi connectivity index (χ4v) is 4.77. The third kappa shape index (κ3) is 4.85. The standard InChI is InChI=1S/C20H21ClFN5O2S/c1-30(28,29)12-27-7-4-15(5-8-27)25-20-24-11-16(21)18(26-20)14-9-13-3-2-6-23-19(13)17(22)10-14/h2-3,6,9-11,15H,4-5,7-8,12H2,1H3,(H,24,25,26). The van der Waals surface area contributed by atoms with Crippen LogP contribution in [-0.4, -0.2) is 59.5 Å². The fraction of sp³-hybridized carbons (Fsp3) is 0.350. The van der Waals surface area contributed by atoms with Crippen LogP contribution in [0.25, 0.3) is 22.2 Å². The van der Waals surface area contributed by atoms with Crippen molar-refractivity contribution in [2.24, 2.45) is 0 Å². The molecule has 10 heteroatoms. The molecular formula is C20H21ClFN5O2S. The van der Waals surface area contributed by atoms with E-state index in [0.717, 1.165) is 12.8 Å². The van der Waals surface area contributed by atoms with E-state index in [1.54, 1.807) is 24.4 Å². The quantitative estimate of drug-likeness (QED) is 0.638. The Morgan fingerprint density at radius 2 is 2.03 bits per heavy atom. The zero-order valence-electron chi connectivity index (χ0n) is 16.3. The van der Waals surface area contributed by atoms with Crippen LogP contribution in [0.4, 0.5) is 10.3 Å². The number of piperidine rings is 1. The van der Waals surface area contributed by atoms with Gasteiger partial charge >= 0.3 is 0 Å². The van der Waals surface area contributed by atoms with Gasteiger partial charge in [0.15, 0.2) is 9.84 Å². The molecule has 1 aromatic carbocycles. The molecule has 4 rings (SSSR count). The number of benzene rings is 1. The number of halogens is 2. The summed E-state index contributed by atoms with van der Waals surface area (Å²) in [4.78, 5) is 14.8. The number of nitrogens with one attached hydrogen (secondary N) is 1. The van der Waals surface area contributed by atoms with Crippen molar-refractivity contribution >= 4 is 38.3 Å². The summed E-state index contributed by atoms with van der Waals surface area (Å²) in [6, 6.07) is 6.82. The van der Waals surface area contributed by atoms with E-state index in [4.69, 9.17) is 11.6 Å². The van der Waals surface area contributed by atoms with Crippen molar-refractivity contribution in [2.45, 2.75) is 18.9 Å². The number of sulfone groups is 1. The van der Waals surface area contributed by atoms with Crippen molar-refractivity contribution in [1.29, 1.82) is 0 Å². The van der Waals surface area contributed by atoms with Gasteiger partial charge in [-0.05, 0) is 31.0 Å². The van der Waals surface area contributed by atoms with Gasteiger partial charge in [0.1, 0.15) is 17.2 Å². The second-order valence-electron chi connectivity index (χ2n) is 7.51. The second kappa shape index (κ2) is 8.41. The van der Waals surface area contributed by atoms with Gasteiger partial charge in [0.2, 0.25) is 5.95 Å². The number of fused-ring (bicyclic) bond motifs is 1. The van der Waals surface area contributed by atoms with Crippen molar-refractivity contribution in [3.63, 3.8) is 0 Å². The van der Waals surface area contributed by atoms with Gasteiger partial charge in [-0.15, -0.1) is 0 Å². The molecule has 0 amide bonds. The van der Waals surface area contributed by atoms with E-state index in [-0.39, 0.29) is 11.9 Å². The monoisotopic (exact) mass is 449 g/mol. The lowest BCUT2D eigenvalue weighted by molar-refractivity contribution is 0.249. The third-order valence-electron chi connectivity index (χ3n) is 5.01. The normalized spacial score (nSPS) is 16.1. The molecule has 0 saturated carbocycles. The van der Waals surface area contributed by atoms with E-state index in [0.29, 0.717) is 46.2 Å². The fourth-order valence-electron chi connectivity index (χ4n) is 3.64. The molecule has 1 saturated heterocycles. The number of likely N-dealkylation sites (tertiary alicyclic amines) is 1. The van der Waals surface area contributed by atoms with Crippen molar-refractivity contribution in [1.82, 2.24) is 19.9 Å². The van der Waals surface area contributed by atoms with Gasteiger partial charge in [-0.3, -0.25) is 9.88 Å². The highest BCUT2D eigenvalue weighted by atomic mass is 35.5. The molecule has 1 aliphatic rings. The minimum atomic E-state index is -3.03. The molecule has 30 heavy (non-hydrogen) atoms. The van der Waals surface area contributed by atoms with E-state index >= 15 is 0 Å². The average Bonchev–Trinajstić information content (AvgIpc) is 2.70. The average molecular weight is 450 g/mol. The summed E-state index contributed by atoms with van der Waals surface area (Å²) in [5.41, 5.74) is 1.28. The molecule has 0 aliphatic carbocycles. The smallest absolute Gasteiger partial charge is 0.223 e. The van der Waals surface area contributed by atoms with Crippen LogP contribution in [0, 0.1) is 5.82 Å². The van der Waals surface area contributed by atoms with Crippen LogP contribution >= 0.6 is 11.6 Å². The summed E-state index contributed by atoms with van der Waals surface area (Å²) in [7, 11) is -3.03. The van der Waals surface area contributed by atoms with E-state index in [2.05, 4.69) is 20.3 Å². The van der Waals surface area contributed by atoms with Crippen LogP contribution < -0.4 is 5.32 Å². The van der Waals surface area contributed by atoms with Crippen LogP contribution in [0.5, 0.6) is 0 Å². The Morgan fingerprint density at radius 3 is 2.77 bits per heavy atom. The largest absolute Gasteiger partial charge is 0.351 e. The zero-order chi connectivity index (χ0) is 21.3. The van der Waals surface area contributed by atoms with E-state index < -0.39 is 15.7 Å². The first-order valence-electron chi connectivity index (χ1n) is 9.52. The van der Waals surface area contributed by atoms with Gasteiger partial charge in [-0.2, -0.15) is 0 Å². The first kappa shape index (κ1) is 20.9. The predicted octanol–water partition coefficient (Wildman–Crippen LogP) is 3.36. The number of anilines is 1. The van der Waals surface area contributed by atoms with Crippen molar-refractivity contribution in [3.05, 3.63) is 47.5 Å². The first-order chi connectivity index (χ1) is 14.3. The molecule has 0 spiro atoms. The maximum atomic E-state index is 14.5. The van der Waals surface area contributed by atoms with Crippen LogP contribution in [-0.2, 0) is 9.84 Å². The molecule has 0 atom stereocenters. The van der Waals surface area contributed by atoms with Gasteiger partial charge in [0.25, 0.3) is 0 Å². The van der Waals surface area contributed by atoms with Crippen LogP contribution in [0.2, 0.25) is 5.02 Å². The van der Waals surface area contributed by atoms with E-state index in [9.17, 15) is 12.8 Å². The lowest BCUT2D eigenvalue weighted by Gasteiger charge is -2.31. The minimum Gasteiger partial charge on any atom is -0.351 e. The molecule has 1 fully saturated rings. The van der Waals surface area contributed by atoms with E-state index in [1.165, 1.54) is 18.5 Å². The molecule has 0 radical (unpaired) electrons. The summed E-state index contributed by atoms with van der Waals surface area (Å²) in [5.74, 6) is 0.0390. The molecule has 3 heterocycles. The molecule has 0 unspecified atom stereocenters. The maximum Gasteiger partial charge on any atom is 0.223 e. The van der Waals surface area contributed by atoms with Gasteiger partial charge in [0.05, 0.1) is 16.9 Å². The Bertz CT molecular complexity index is 1180. The minimum absolute atomic E-state index is 0.0731. The van der Waals surface area contributed by atoms with Crippen molar-refractivity contribution in [3.8, 4) is 11.3 Å². The zero-order valence-corrected chi connectivity index (χ0v) is 17.9. The number of hydrogen-bond donors (Lipinski definition) is 1. The third-order valence-corrected chi connectivity index (χ3v) is 6.12. The van der Waals surface area contributed by atoms with Crippen molar-refractivity contribution < 1.29 is 12.8 Å². The summed E-state index contributed by atoms with van der Waals surface area (Å²) < 4.78 is 37.4. The van der Waals surface area contributed by atoms with Gasteiger partial charge in [-0.1, -0.05) is 17.7 Å². The molecule has 1 aliphatic heterocycles. The lowest BCUT2D eigenvalue weighted by Crippen LogP contribution is -2.41. The number of rotatable bonds is 5. The highest BCUT2D eigenvalue weighted by Crippen LogP contribution is 2.30.